The molecule has 100 valence electrons. The lowest BCUT2D eigenvalue weighted by Gasteiger charge is -2.19. The lowest BCUT2D eigenvalue weighted by atomic mass is 9.93. The van der Waals surface area contributed by atoms with Gasteiger partial charge in [0.1, 0.15) is 0 Å². The molecule has 0 aromatic heterocycles. The van der Waals surface area contributed by atoms with E-state index >= 15 is 0 Å². The first-order valence-corrected chi connectivity index (χ1v) is 8.06. The van der Waals surface area contributed by atoms with Gasteiger partial charge >= 0.3 is 0 Å². The zero-order chi connectivity index (χ0) is 14.2. The first kappa shape index (κ1) is 15.0. The number of hydrogen-bond acceptors (Lipinski definition) is 1. The minimum absolute atomic E-state index is 0.0707. The number of aryl methyl sites for hydroxylation is 3. The molecule has 0 bridgehead atoms. The quantitative estimate of drug-likeness (QED) is 0.666. The standard InChI is InChI=1S/C16H17BrIN/c1-9-5-4-6-12(15(9)18)16(19)13-7-11(3)14(17)8-10(13)2/h4-8,16H,19H2,1-3H3. The summed E-state index contributed by atoms with van der Waals surface area (Å²) in [6, 6.07) is 10.6. The molecule has 1 nitrogen and oxygen atoms in total. The van der Waals surface area contributed by atoms with E-state index in [0.29, 0.717) is 0 Å². The number of nitrogens with two attached hydrogens (primary N) is 1. The maximum atomic E-state index is 6.49. The monoisotopic (exact) mass is 429 g/mol. The molecule has 0 saturated carbocycles. The summed E-state index contributed by atoms with van der Waals surface area (Å²) in [5.74, 6) is 0. The van der Waals surface area contributed by atoms with E-state index in [9.17, 15) is 0 Å². The first-order chi connectivity index (χ1) is 8.91. The van der Waals surface area contributed by atoms with Crippen LogP contribution in [0.4, 0.5) is 0 Å². The van der Waals surface area contributed by atoms with Crippen molar-refractivity contribution in [2.24, 2.45) is 5.73 Å². The second-order valence-electron chi connectivity index (χ2n) is 4.91. The maximum Gasteiger partial charge on any atom is 0.0564 e. The van der Waals surface area contributed by atoms with Crippen LogP contribution >= 0.6 is 38.5 Å². The Bertz CT molecular complexity index is 622. The van der Waals surface area contributed by atoms with E-state index in [-0.39, 0.29) is 6.04 Å². The zero-order valence-electron chi connectivity index (χ0n) is 11.3. The molecule has 0 saturated heterocycles. The van der Waals surface area contributed by atoms with Gasteiger partial charge in [0.25, 0.3) is 0 Å². The molecule has 19 heavy (non-hydrogen) atoms. The van der Waals surface area contributed by atoms with Crippen molar-refractivity contribution >= 4 is 38.5 Å². The molecule has 1 atom stereocenters. The van der Waals surface area contributed by atoms with Gasteiger partial charge in [-0.15, -0.1) is 0 Å². The Morgan fingerprint density at radius 3 is 2.37 bits per heavy atom. The Kier molecular flexibility index (Phi) is 4.69. The number of hydrogen-bond donors (Lipinski definition) is 1. The van der Waals surface area contributed by atoms with Gasteiger partial charge in [-0.3, -0.25) is 0 Å². The second-order valence-corrected chi connectivity index (χ2v) is 6.85. The molecular weight excluding hydrogens is 413 g/mol. The topological polar surface area (TPSA) is 26.0 Å². The van der Waals surface area contributed by atoms with E-state index in [0.717, 1.165) is 4.47 Å². The summed E-state index contributed by atoms with van der Waals surface area (Å²) in [4.78, 5) is 0. The fourth-order valence-corrected chi connectivity index (χ4v) is 3.37. The van der Waals surface area contributed by atoms with Gasteiger partial charge in [-0.25, -0.2) is 0 Å². The Morgan fingerprint density at radius 2 is 1.68 bits per heavy atom. The number of rotatable bonds is 2. The van der Waals surface area contributed by atoms with Crippen LogP contribution in [0.25, 0.3) is 0 Å². The smallest absolute Gasteiger partial charge is 0.0564 e. The molecule has 2 aromatic carbocycles. The average molecular weight is 430 g/mol. The summed E-state index contributed by atoms with van der Waals surface area (Å²) in [7, 11) is 0. The van der Waals surface area contributed by atoms with Gasteiger partial charge in [0, 0.05) is 8.04 Å². The average Bonchev–Trinajstić information content (AvgIpc) is 2.36. The fraction of sp³-hybridized carbons (Fsp3) is 0.250. The third-order valence-electron chi connectivity index (χ3n) is 3.44. The van der Waals surface area contributed by atoms with Crippen molar-refractivity contribution in [3.63, 3.8) is 0 Å². The van der Waals surface area contributed by atoms with Crippen molar-refractivity contribution in [2.75, 3.05) is 0 Å². The molecule has 0 heterocycles. The third kappa shape index (κ3) is 3.03. The normalized spacial score (nSPS) is 12.5. The molecule has 1 unspecified atom stereocenters. The van der Waals surface area contributed by atoms with Crippen molar-refractivity contribution in [3.8, 4) is 0 Å². The Labute approximate surface area is 136 Å². The summed E-state index contributed by atoms with van der Waals surface area (Å²) in [5, 5.41) is 0. The molecule has 0 amide bonds. The number of halogens is 2. The molecule has 0 aliphatic rings. The summed E-state index contributed by atoms with van der Waals surface area (Å²) < 4.78 is 2.40. The van der Waals surface area contributed by atoms with Gasteiger partial charge in [-0.05, 0) is 77.2 Å². The highest BCUT2D eigenvalue weighted by molar-refractivity contribution is 14.1. The summed E-state index contributed by atoms with van der Waals surface area (Å²) in [5.41, 5.74) is 12.6. The highest BCUT2D eigenvalue weighted by Crippen LogP contribution is 2.30. The van der Waals surface area contributed by atoms with E-state index in [1.165, 1.54) is 31.4 Å². The van der Waals surface area contributed by atoms with Crippen LogP contribution in [-0.2, 0) is 0 Å². The molecular formula is C16H17BrIN. The maximum absolute atomic E-state index is 6.49. The lowest BCUT2D eigenvalue weighted by molar-refractivity contribution is 0.851. The first-order valence-electron chi connectivity index (χ1n) is 6.19. The summed E-state index contributed by atoms with van der Waals surface area (Å²) in [6.07, 6.45) is 0. The number of benzene rings is 2. The van der Waals surface area contributed by atoms with E-state index < -0.39 is 0 Å². The molecule has 0 spiro atoms. The van der Waals surface area contributed by atoms with Crippen LogP contribution in [0.1, 0.15) is 33.9 Å². The van der Waals surface area contributed by atoms with E-state index in [1.807, 2.05) is 0 Å². The van der Waals surface area contributed by atoms with Crippen molar-refractivity contribution in [2.45, 2.75) is 26.8 Å². The third-order valence-corrected chi connectivity index (χ3v) is 5.77. The van der Waals surface area contributed by atoms with E-state index in [4.69, 9.17) is 5.73 Å². The van der Waals surface area contributed by atoms with E-state index in [2.05, 4.69) is 89.6 Å². The predicted octanol–water partition coefficient (Wildman–Crippen LogP) is 5.03. The van der Waals surface area contributed by atoms with E-state index in [1.54, 1.807) is 0 Å². The molecule has 2 N–H and O–H groups in total. The van der Waals surface area contributed by atoms with Gasteiger partial charge in [-0.2, -0.15) is 0 Å². The second kappa shape index (κ2) is 5.94. The van der Waals surface area contributed by atoms with Crippen molar-refractivity contribution in [1.82, 2.24) is 0 Å². The fourth-order valence-electron chi connectivity index (χ4n) is 2.22. The van der Waals surface area contributed by atoms with Gasteiger partial charge in [0.2, 0.25) is 0 Å². The van der Waals surface area contributed by atoms with Crippen LogP contribution in [0, 0.1) is 24.3 Å². The van der Waals surface area contributed by atoms with Gasteiger partial charge in [0.15, 0.2) is 0 Å². The van der Waals surface area contributed by atoms with Crippen LogP contribution in [0.5, 0.6) is 0 Å². The molecule has 0 radical (unpaired) electrons. The highest BCUT2D eigenvalue weighted by atomic mass is 127. The largest absolute Gasteiger partial charge is 0.320 e. The van der Waals surface area contributed by atoms with Crippen molar-refractivity contribution in [1.29, 1.82) is 0 Å². The minimum atomic E-state index is -0.0707. The molecule has 2 rings (SSSR count). The lowest BCUT2D eigenvalue weighted by Crippen LogP contribution is -2.15. The Balaban J connectivity index is 2.53. The molecule has 3 heteroatoms. The Morgan fingerprint density at radius 1 is 1.00 bits per heavy atom. The van der Waals surface area contributed by atoms with Crippen LogP contribution in [0.3, 0.4) is 0 Å². The van der Waals surface area contributed by atoms with Crippen LogP contribution in [0.2, 0.25) is 0 Å². The predicted molar refractivity (Wildman–Crippen MR) is 93.5 cm³/mol. The molecule has 2 aromatic rings. The summed E-state index contributed by atoms with van der Waals surface area (Å²) >= 11 is 5.95. The van der Waals surface area contributed by atoms with Crippen LogP contribution < -0.4 is 5.73 Å². The highest BCUT2D eigenvalue weighted by Gasteiger charge is 2.16. The van der Waals surface area contributed by atoms with Gasteiger partial charge in [0.05, 0.1) is 6.04 Å². The SMILES string of the molecule is Cc1cc(C(N)c2cccc(C)c2I)c(C)cc1Br. The molecule has 0 aliphatic carbocycles. The van der Waals surface area contributed by atoms with Crippen molar-refractivity contribution in [3.05, 3.63) is 66.2 Å². The molecule has 0 aliphatic heterocycles. The minimum Gasteiger partial charge on any atom is -0.320 e. The van der Waals surface area contributed by atoms with Gasteiger partial charge in [-0.1, -0.05) is 40.2 Å². The van der Waals surface area contributed by atoms with Gasteiger partial charge < -0.3 is 5.73 Å². The van der Waals surface area contributed by atoms with Crippen molar-refractivity contribution < 1.29 is 0 Å². The zero-order valence-corrected chi connectivity index (χ0v) is 15.0. The Hall–Kier alpha value is -0.390. The summed E-state index contributed by atoms with van der Waals surface area (Å²) in [6.45, 7) is 6.33. The van der Waals surface area contributed by atoms with Crippen LogP contribution in [0.15, 0.2) is 34.8 Å². The molecule has 0 fully saturated rings. The van der Waals surface area contributed by atoms with Crippen LogP contribution in [-0.4, -0.2) is 0 Å².